The van der Waals surface area contributed by atoms with E-state index in [1.54, 1.807) is 44.4 Å². The van der Waals surface area contributed by atoms with E-state index in [2.05, 4.69) is 60.5 Å². The first-order chi connectivity index (χ1) is 40.4. The molecule has 1 saturated carbocycles. The fourth-order valence-corrected chi connectivity index (χ4v) is 7.11. The van der Waals surface area contributed by atoms with Crippen LogP contribution < -0.4 is 5.32 Å². The summed E-state index contributed by atoms with van der Waals surface area (Å²) in [5.74, 6) is 12.0. The van der Waals surface area contributed by atoms with E-state index in [-0.39, 0.29) is 75.2 Å². The van der Waals surface area contributed by atoms with Crippen LogP contribution in [0.4, 0.5) is 0 Å². The molecule has 0 aromatic heterocycles. The smallest absolute Gasteiger partial charge is 0.296 e. The molecule has 87 heavy (non-hydrogen) atoms. The molecular weight excluding hydrogens is 1090 g/mol. The van der Waals surface area contributed by atoms with Gasteiger partial charge in [0.1, 0.15) is 0 Å². The third kappa shape index (κ3) is 52.2. The van der Waals surface area contributed by atoms with E-state index in [0.29, 0.717) is 24.8 Å². The zero-order chi connectivity index (χ0) is 67.3. The average Bonchev–Trinajstić information content (AvgIpc) is 3.95. The van der Waals surface area contributed by atoms with E-state index in [9.17, 15) is 33.6 Å². The van der Waals surface area contributed by atoms with Gasteiger partial charge in [-0.15, -0.1) is 0 Å². The molecule has 0 aromatic rings. The van der Waals surface area contributed by atoms with Crippen molar-refractivity contribution in [2.75, 3.05) is 113 Å². The number of hydrogen-bond acceptors (Lipinski definition) is 13. The summed E-state index contributed by atoms with van der Waals surface area (Å²) in [7, 11) is 7.60. The Morgan fingerprint density at radius 2 is 0.966 bits per heavy atom. The number of piperazine rings is 1. The molecule has 0 unspecified atom stereocenters. The van der Waals surface area contributed by atoms with E-state index in [1.165, 1.54) is 58.3 Å². The Hall–Kier alpha value is -5.44. The molecule has 1 aliphatic carbocycles. The van der Waals surface area contributed by atoms with Crippen LogP contribution in [0, 0.1) is 70.7 Å². The number of methoxy groups -OCH3 is 1. The lowest BCUT2D eigenvalue weighted by molar-refractivity contribution is -0.122. The van der Waals surface area contributed by atoms with E-state index >= 15 is 0 Å². The van der Waals surface area contributed by atoms with Crippen molar-refractivity contribution in [3.63, 3.8) is 0 Å². The fourth-order valence-electron chi connectivity index (χ4n) is 7.11. The van der Waals surface area contributed by atoms with Crippen molar-refractivity contribution >= 4 is 40.6 Å². The molecule has 3 aliphatic heterocycles. The molecule has 0 bridgehead atoms. The summed E-state index contributed by atoms with van der Waals surface area (Å²) in [4.78, 5) is 93.1. The number of ether oxygens (including phenoxy) is 1. The molecular formula is C72H121N7O8. The standard InChI is InChI=1S/C12H22N2O.C12H21NO.C11H15NO.C11H19NO.C10H17NO.C8H13NO.C8H14O2/c1-11(2)12(15)5-4-6-14-9-7-13(3)8-10-14;1-11(2)12(14)7-6-10-13-8-4-3-5-9-13;1-11(2,3)10(13)9(12-4)7-8-5-6-8;1-10(2)11(13)6-5-9-12-7-3-4-8-12;1-10(2,3)9(12)7-6-8-11(4)5;1-5-6-7(10)9-8(2,3)4;1-7(2)8(9)5-4-6-10-3/h4-5,11H,6-10H2,1-3H3;6-7,11H,3-5,8-10H2,1-2H3;7-8H,5-6H2,1-3H3;5-6,10H,3-4,7-9H2,1-2H3;8H2,1-5H3;1-4H3,(H,9,10);4-5,7H,6H2,1-3H3/b5-4+;7-6+;9-7-;6-5+;;;5-4+. The summed E-state index contributed by atoms with van der Waals surface area (Å²) in [6, 6.07) is 0. The Morgan fingerprint density at radius 3 is 1.28 bits per heavy atom. The molecule has 492 valence electrons. The first-order valence-electron chi connectivity index (χ1n) is 31.6. The van der Waals surface area contributed by atoms with Crippen LogP contribution in [0.3, 0.4) is 0 Å². The normalized spacial score (nSPS) is 16.0. The van der Waals surface area contributed by atoms with Crippen LogP contribution in [0.5, 0.6) is 0 Å². The molecule has 15 nitrogen and oxygen atoms in total. The van der Waals surface area contributed by atoms with Crippen molar-refractivity contribution in [3.05, 3.63) is 71.8 Å². The lowest BCUT2D eigenvalue weighted by Crippen LogP contribution is -2.44. The Balaban J connectivity index is -0.000000951. The Labute approximate surface area is 530 Å². The van der Waals surface area contributed by atoms with Gasteiger partial charge in [-0.1, -0.05) is 146 Å². The molecule has 1 N–H and O–H groups in total. The van der Waals surface area contributed by atoms with Crippen molar-refractivity contribution in [3.8, 4) is 23.7 Å². The number of carbonyl (C=O) groups is 7. The predicted octanol–water partition coefficient (Wildman–Crippen LogP) is 11.5. The second-order valence-electron chi connectivity index (χ2n) is 27.0. The number of amides is 1. The van der Waals surface area contributed by atoms with E-state index in [1.807, 2.05) is 161 Å². The van der Waals surface area contributed by atoms with Gasteiger partial charge in [0.25, 0.3) is 5.91 Å². The molecule has 0 spiro atoms. The van der Waals surface area contributed by atoms with Crippen LogP contribution in [0.25, 0.3) is 4.85 Å². The Bertz CT molecular complexity index is 2340. The minimum absolute atomic E-state index is 0.00403. The van der Waals surface area contributed by atoms with Crippen molar-refractivity contribution < 1.29 is 38.3 Å². The van der Waals surface area contributed by atoms with Crippen LogP contribution in [0.1, 0.15) is 170 Å². The van der Waals surface area contributed by atoms with E-state index in [0.717, 1.165) is 58.7 Å². The number of ketones is 6. The van der Waals surface area contributed by atoms with Gasteiger partial charge in [0.2, 0.25) is 11.5 Å². The van der Waals surface area contributed by atoms with Crippen molar-refractivity contribution in [1.82, 2.24) is 29.8 Å². The van der Waals surface area contributed by atoms with Crippen LogP contribution in [0.15, 0.2) is 60.4 Å². The maximum Gasteiger partial charge on any atom is 0.296 e. The van der Waals surface area contributed by atoms with Gasteiger partial charge in [-0.25, -0.2) is 4.85 Å². The number of piperidine rings is 1. The average molecular weight is 1210 g/mol. The molecule has 4 fully saturated rings. The van der Waals surface area contributed by atoms with Gasteiger partial charge in [0, 0.05) is 93.0 Å². The molecule has 3 heterocycles. The van der Waals surface area contributed by atoms with Crippen LogP contribution in [-0.4, -0.2) is 184 Å². The van der Waals surface area contributed by atoms with Crippen molar-refractivity contribution in [1.29, 1.82) is 0 Å². The number of allylic oxidation sites excluding steroid dienone is 6. The molecule has 0 aromatic carbocycles. The van der Waals surface area contributed by atoms with Crippen LogP contribution >= 0.6 is 0 Å². The highest BCUT2D eigenvalue weighted by Crippen LogP contribution is 2.33. The van der Waals surface area contributed by atoms with Gasteiger partial charge in [0.05, 0.1) is 19.7 Å². The highest BCUT2D eigenvalue weighted by atomic mass is 16.5. The van der Waals surface area contributed by atoms with Crippen molar-refractivity contribution in [2.24, 2.45) is 40.4 Å². The fraction of sp³-hybridized carbons (Fsp3) is 0.694. The lowest BCUT2D eigenvalue weighted by atomic mass is 9.88. The number of Topliss-reactive ketones (excluding diaryl/α,β-unsaturated/α-hetero) is 2. The summed E-state index contributed by atoms with van der Waals surface area (Å²) in [6.07, 6.45) is 25.2. The maximum atomic E-state index is 11.7. The highest BCUT2D eigenvalue weighted by molar-refractivity contribution is 6.01. The topological polar surface area (TPSA) is 161 Å². The van der Waals surface area contributed by atoms with Crippen LogP contribution in [-0.2, 0) is 38.3 Å². The Morgan fingerprint density at radius 1 is 0.586 bits per heavy atom. The van der Waals surface area contributed by atoms with E-state index in [4.69, 9.17) is 11.3 Å². The minimum Gasteiger partial charge on any atom is -0.381 e. The molecule has 3 saturated heterocycles. The second kappa shape index (κ2) is 48.5. The number of hydrogen-bond donors (Lipinski definition) is 1. The number of nitrogens with one attached hydrogen (secondary N) is 1. The summed E-state index contributed by atoms with van der Waals surface area (Å²) in [6.45, 7) is 54.1. The van der Waals surface area contributed by atoms with Gasteiger partial charge in [-0.05, 0) is 156 Å². The van der Waals surface area contributed by atoms with Gasteiger partial charge >= 0.3 is 0 Å². The third-order valence-corrected chi connectivity index (χ3v) is 13.1. The van der Waals surface area contributed by atoms with Gasteiger partial charge in [-0.2, -0.15) is 0 Å². The highest BCUT2D eigenvalue weighted by Gasteiger charge is 2.28. The van der Waals surface area contributed by atoms with Gasteiger partial charge in [-0.3, -0.25) is 48.4 Å². The maximum absolute atomic E-state index is 11.7. The molecule has 4 aliphatic rings. The number of nitrogens with zero attached hydrogens (tertiary/aromatic N) is 6. The molecule has 4 rings (SSSR count). The summed E-state index contributed by atoms with van der Waals surface area (Å²) < 4.78 is 4.73. The third-order valence-electron chi connectivity index (χ3n) is 13.1. The van der Waals surface area contributed by atoms with Gasteiger partial charge < -0.3 is 19.7 Å². The van der Waals surface area contributed by atoms with Crippen LogP contribution in [0.2, 0.25) is 0 Å². The first-order valence-corrected chi connectivity index (χ1v) is 31.6. The van der Waals surface area contributed by atoms with Crippen molar-refractivity contribution in [2.45, 2.75) is 175 Å². The van der Waals surface area contributed by atoms with Gasteiger partial charge in [0.15, 0.2) is 28.9 Å². The molecule has 0 radical (unpaired) electrons. The number of likely N-dealkylation sites (tertiary alicyclic amines) is 2. The number of likely N-dealkylation sites (N-methyl/N-ethyl adjacent to an activating group) is 1. The number of carbonyl (C=O) groups excluding carboxylic acids is 7. The summed E-state index contributed by atoms with van der Waals surface area (Å²) in [5, 5.41) is 2.71. The molecule has 0 atom stereocenters. The largest absolute Gasteiger partial charge is 0.381 e. The monoisotopic (exact) mass is 1210 g/mol. The molecule has 1 amide bonds. The predicted molar refractivity (Wildman–Crippen MR) is 362 cm³/mol. The summed E-state index contributed by atoms with van der Waals surface area (Å²) in [5.41, 5.74) is -0.610. The summed E-state index contributed by atoms with van der Waals surface area (Å²) >= 11 is 0. The number of rotatable bonds is 19. The zero-order valence-corrected chi connectivity index (χ0v) is 58.7. The lowest BCUT2D eigenvalue weighted by Gasteiger charge is -2.31. The molecule has 15 heteroatoms. The van der Waals surface area contributed by atoms with E-state index < -0.39 is 5.41 Å². The Kier molecular flexibility index (Phi) is 47.8. The first kappa shape index (κ1) is 85.8. The second-order valence-corrected chi connectivity index (χ2v) is 27.0. The minimum atomic E-state index is -0.425. The SMILES string of the molecule is CC#CC(=O)NC(C)(C)C.CC(C)C(=O)/C=C/CN1CCCC1.CC(C)C(=O)/C=C/CN1CCCCC1.CC(C)C(=O)/C=C/CN1CCN(C)CC1.CN(C)CC#CC(=O)C(C)(C)C.COC/C=C/C(=O)C(C)C.[C-]#[N+]/C(=C\C1CC1)C(=O)C(C)(C)C. The quantitative estimate of drug-likeness (QED) is 0.0564. The zero-order valence-electron chi connectivity index (χ0n) is 58.7.